The average Bonchev–Trinajstić information content (AvgIpc) is 3.34. The van der Waals surface area contributed by atoms with Gasteiger partial charge in [-0.15, -0.1) is 0 Å². The molecule has 3 amide bonds. The average molecular weight is 505 g/mol. The quantitative estimate of drug-likeness (QED) is 0.205. The Kier molecular flexibility index (Phi) is 11.2. The Bertz CT molecular complexity index is 972. The number of nitrogens with two attached hydrogens (primary N) is 1. The monoisotopic (exact) mass is 504 g/mol. The fourth-order valence-corrected chi connectivity index (χ4v) is 3.70. The van der Waals surface area contributed by atoms with E-state index in [0.717, 1.165) is 5.56 Å². The van der Waals surface area contributed by atoms with Gasteiger partial charge in [0.2, 0.25) is 17.7 Å². The number of benzene rings is 1. The molecule has 0 aliphatic rings. The van der Waals surface area contributed by atoms with Crippen molar-refractivity contribution in [2.45, 2.75) is 50.4 Å². The van der Waals surface area contributed by atoms with Crippen LogP contribution < -0.4 is 21.7 Å². The SMILES string of the molecule is CSCCC(NC(=O)C(Cc1ccccc1)NC(=O)C(C)NC(=O)C(N)Cc1cnc[nH]1)C(=O)O. The topological polar surface area (TPSA) is 179 Å². The first-order valence-electron chi connectivity index (χ1n) is 11.1. The maximum absolute atomic E-state index is 13.0. The van der Waals surface area contributed by atoms with Crippen LogP contribution in [0, 0.1) is 0 Å². The summed E-state index contributed by atoms with van der Waals surface area (Å²) in [5.41, 5.74) is 7.38. The van der Waals surface area contributed by atoms with E-state index in [1.807, 2.05) is 12.3 Å². The molecule has 0 bridgehead atoms. The first kappa shape index (κ1) is 27.9. The van der Waals surface area contributed by atoms with E-state index in [1.54, 1.807) is 30.5 Å². The van der Waals surface area contributed by atoms with Gasteiger partial charge in [-0.2, -0.15) is 11.8 Å². The van der Waals surface area contributed by atoms with Gasteiger partial charge in [0.05, 0.1) is 12.4 Å². The van der Waals surface area contributed by atoms with Crippen LogP contribution in [0.4, 0.5) is 0 Å². The highest BCUT2D eigenvalue weighted by atomic mass is 32.2. The highest BCUT2D eigenvalue weighted by Crippen LogP contribution is 2.07. The number of hydrogen-bond donors (Lipinski definition) is 6. The van der Waals surface area contributed by atoms with Crippen molar-refractivity contribution in [3.05, 3.63) is 54.1 Å². The third kappa shape index (κ3) is 9.41. The Balaban J connectivity index is 2.05. The van der Waals surface area contributed by atoms with Crippen molar-refractivity contribution >= 4 is 35.5 Å². The minimum Gasteiger partial charge on any atom is -0.480 e. The third-order valence-electron chi connectivity index (χ3n) is 5.22. The van der Waals surface area contributed by atoms with Crippen LogP contribution in [0.15, 0.2) is 42.9 Å². The molecule has 35 heavy (non-hydrogen) atoms. The molecule has 0 radical (unpaired) electrons. The number of H-pyrrole nitrogens is 1. The van der Waals surface area contributed by atoms with Crippen molar-refractivity contribution in [1.82, 2.24) is 25.9 Å². The van der Waals surface area contributed by atoms with Crippen LogP contribution in [0.3, 0.4) is 0 Å². The number of aromatic nitrogens is 2. The molecule has 0 saturated heterocycles. The molecule has 4 unspecified atom stereocenters. The second-order valence-electron chi connectivity index (χ2n) is 8.05. The zero-order chi connectivity index (χ0) is 25.8. The number of nitrogens with one attached hydrogen (secondary N) is 4. The fourth-order valence-electron chi connectivity index (χ4n) is 3.23. The Morgan fingerprint density at radius 1 is 1.03 bits per heavy atom. The van der Waals surface area contributed by atoms with Gasteiger partial charge in [0, 0.05) is 24.7 Å². The van der Waals surface area contributed by atoms with E-state index in [-0.39, 0.29) is 19.3 Å². The number of aliphatic carboxylic acids is 1. The van der Waals surface area contributed by atoms with E-state index in [9.17, 15) is 24.3 Å². The number of amides is 3. The van der Waals surface area contributed by atoms with Gasteiger partial charge in [0.25, 0.3) is 0 Å². The van der Waals surface area contributed by atoms with Gasteiger partial charge >= 0.3 is 5.97 Å². The van der Waals surface area contributed by atoms with Crippen LogP contribution in [0.1, 0.15) is 24.6 Å². The van der Waals surface area contributed by atoms with Crippen LogP contribution in [-0.2, 0) is 32.0 Å². The summed E-state index contributed by atoms with van der Waals surface area (Å²) in [6.07, 6.45) is 5.48. The molecular weight excluding hydrogens is 472 g/mol. The maximum Gasteiger partial charge on any atom is 0.326 e. The predicted molar refractivity (Wildman–Crippen MR) is 133 cm³/mol. The summed E-state index contributed by atoms with van der Waals surface area (Å²) < 4.78 is 0. The minimum atomic E-state index is -1.15. The summed E-state index contributed by atoms with van der Waals surface area (Å²) in [5, 5.41) is 17.2. The Morgan fingerprint density at radius 3 is 2.31 bits per heavy atom. The van der Waals surface area contributed by atoms with Gasteiger partial charge in [-0.05, 0) is 30.9 Å². The van der Waals surface area contributed by atoms with E-state index < -0.39 is 47.9 Å². The molecule has 2 rings (SSSR count). The molecule has 0 aliphatic heterocycles. The second kappa shape index (κ2) is 14.1. The van der Waals surface area contributed by atoms with Crippen LogP contribution >= 0.6 is 11.8 Å². The summed E-state index contributed by atoms with van der Waals surface area (Å²) >= 11 is 1.47. The van der Waals surface area contributed by atoms with Crippen molar-refractivity contribution in [3.63, 3.8) is 0 Å². The fraction of sp³-hybridized carbons (Fsp3) is 0.435. The normalized spacial score (nSPS) is 14.3. The second-order valence-corrected chi connectivity index (χ2v) is 9.04. The van der Waals surface area contributed by atoms with Gasteiger partial charge < -0.3 is 31.8 Å². The summed E-state index contributed by atoms with van der Waals surface area (Å²) in [6, 6.07) is 5.02. The van der Waals surface area contributed by atoms with Crippen LogP contribution in [0.2, 0.25) is 0 Å². The Hall–Kier alpha value is -3.38. The van der Waals surface area contributed by atoms with E-state index in [1.165, 1.54) is 25.0 Å². The van der Waals surface area contributed by atoms with Crippen LogP contribution in [0.25, 0.3) is 0 Å². The van der Waals surface area contributed by atoms with Crippen molar-refractivity contribution in [2.75, 3.05) is 12.0 Å². The molecule has 0 fully saturated rings. The molecule has 0 aliphatic carbocycles. The molecule has 0 saturated carbocycles. The molecule has 1 aromatic carbocycles. The number of imidazole rings is 1. The summed E-state index contributed by atoms with van der Waals surface area (Å²) in [4.78, 5) is 56.5. The number of hydrogen-bond acceptors (Lipinski definition) is 7. The molecule has 1 heterocycles. The Morgan fingerprint density at radius 2 is 1.71 bits per heavy atom. The predicted octanol–water partition coefficient (Wildman–Crippen LogP) is -0.166. The standard InChI is InChI=1S/C23H32N6O5S/c1-14(27-21(31)17(24)11-16-12-25-13-26-16)20(30)29-19(10-15-6-4-3-5-7-15)22(32)28-18(23(33)34)8-9-35-2/h3-7,12-14,17-19H,8-11,24H2,1-2H3,(H,25,26)(H,27,31)(H,28,32)(H,29,30)(H,33,34). The van der Waals surface area contributed by atoms with Crippen molar-refractivity contribution in [3.8, 4) is 0 Å². The van der Waals surface area contributed by atoms with Gasteiger partial charge in [0.1, 0.15) is 18.1 Å². The summed E-state index contributed by atoms with van der Waals surface area (Å²) in [7, 11) is 0. The highest BCUT2D eigenvalue weighted by Gasteiger charge is 2.29. The van der Waals surface area contributed by atoms with Gasteiger partial charge in [-0.25, -0.2) is 9.78 Å². The van der Waals surface area contributed by atoms with Crippen molar-refractivity contribution in [1.29, 1.82) is 0 Å². The van der Waals surface area contributed by atoms with E-state index in [4.69, 9.17) is 5.73 Å². The first-order valence-corrected chi connectivity index (χ1v) is 12.5. The molecule has 12 heteroatoms. The maximum atomic E-state index is 13.0. The smallest absolute Gasteiger partial charge is 0.326 e. The molecule has 11 nitrogen and oxygen atoms in total. The van der Waals surface area contributed by atoms with Gasteiger partial charge in [-0.1, -0.05) is 30.3 Å². The lowest BCUT2D eigenvalue weighted by atomic mass is 10.0. The number of carboxylic acid groups (broad SMARTS) is 1. The molecular formula is C23H32N6O5S. The zero-order valence-electron chi connectivity index (χ0n) is 19.7. The van der Waals surface area contributed by atoms with E-state index in [0.29, 0.717) is 11.4 Å². The number of carbonyl (C=O) groups excluding carboxylic acids is 3. The van der Waals surface area contributed by atoms with Crippen LogP contribution in [0.5, 0.6) is 0 Å². The number of carbonyl (C=O) groups is 4. The molecule has 1 aromatic heterocycles. The van der Waals surface area contributed by atoms with Gasteiger partial charge in [-0.3, -0.25) is 14.4 Å². The molecule has 2 aromatic rings. The Labute approximate surface area is 208 Å². The molecule has 7 N–H and O–H groups in total. The molecule has 190 valence electrons. The van der Waals surface area contributed by atoms with Gasteiger partial charge in [0.15, 0.2) is 0 Å². The van der Waals surface area contributed by atoms with Crippen molar-refractivity contribution in [2.24, 2.45) is 5.73 Å². The lowest BCUT2D eigenvalue weighted by Crippen LogP contribution is -2.57. The summed E-state index contributed by atoms with van der Waals surface area (Å²) in [5.74, 6) is -2.35. The third-order valence-corrected chi connectivity index (χ3v) is 5.87. The number of aromatic amines is 1. The number of nitrogens with zero attached hydrogens (tertiary/aromatic N) is 1. The lowest BCUT2D eigenvalue weighted by Gasteiger charge is -2.24. The number of carboxylic acids is 1. The minimum absolute atomic E-state index is 0.146. The zero-order valence-corrected chi connectivity index (χ0v) is 20.5. The number of thioether (sulfide) groups is 1. The van der Waals surface area contributed by atoms with Crippen LogP contribution in [-0.4, -0.2) is 74.9 Å². The number of rotatable bonds is 14. The first-order chi connectivity index (χ1) is 16.7. The largest absolute Gasteiger partial charge is 0.480 e. The molecule has 0 spiro atoms. The van der Waals surface area contributed by atoms with E-state index >= 15 is 0 Å². The van der Waals surface area contributed by atoms with Crippen molar-refractivity contribution < 1.29 is 24.3 Å². The highest BCUT2D eigenvalue weighted by molar-refractivity contribution is 7.98. The lowest BCUT2D eigenvalue weighted by molar-refractivity contribution is -0.142. The summed E-state index contributed by atoms with van der Waals surface area (Å²) in [6.45, 7) is 1.48. The van der Waals surface area contributed by atoms with E-state index in [2.05, 4.69) is 25.9 Å². The molecule has 4 atom stereocenters.